The Hall–Kier alpha value is -3.85. The van der Waals surface area contributed by atoms with Crippen LogP contribution in [0.25, 0.3) is 5.57 Å². The summed E-state index contributed by atoms with van der Waals surface area (Å²) in [4.78, 5) is 38.2. The quantitative estimate of drug-likeness (QED) is 0.623. The summed E-state index contributed by atoms with van der Waals surface area (Å²) in [6.07, 6.45) is 2.20. The van der Waals surface area contributed by atoms with E-state index in [1.165, 1.54) is 11.3 Å². The van der Waals surface area contributed by atoms with Gasteiger partial charge in [-0.3, -0.25) is 9.69 Å². The molecule has 0 atom stereocenters. The number of nitrogens with zero attached hydrogens (tertiary/aromatic N) is 3. The lowest BCUT2D eigenvalue weighted by molar-refractivity contribution is -0.159. The number of hydrogen-bond donors (Lipinski definition) is 2. The Labute approximate surface area is 211 Å². The van der Waals surface area contributed by atoms with Crippen LogP contribution < -0.4 is 14.5 Å². The Bertz CT molecular complexity index is 1140. The van der Waals surface area contributed by atoms with Gasteiger partial charge in [-0.15, -0.1) is 0 Å². The third-order valence-corrected chi connectivity index (χ3v) is 6.30. The van der Waals surface area contributed by atoms with Gasteiger partial charge in [0.2, 0.25) is 5.91 Å². The van der Waals surface area contributed by atoms with Crippen molar-refractivity contribution in [3.63, 3.8) is 0 Å². The van der Waals surface area contributed by atoms with E-state index in [2.05, 4.69) is 60.9 Å². The number of carboxylic acid groups (broad SMARTS) is 2. The normalized spacial score (nSPS) is 16.7. The van der Waals surface area contributed by atoms with E-state index in [1.54, 1.807) is 7.11 Å². The van der Waals surface area contributed by atoms with E-state index in [4.69, 9.17) is 24.5 Å². The second-order valence-electron chi connectivity index (χ2n) is 9.30. The topological polar surface area (TPSA) is 111 Å². The van der Waals surface area contributed by atoms with Gasteiger partial charge in [0.15, 0.2) is 0 Å². The van der Waals surface area contributed by atoms with Crippen molar-refractivity contribution in [1.29, 1.82) is 0 Å². The number of carbonyl (C=O) groups is 3. The van der Waals surface area contributed by atoms with Crippen LogP contribution in [0.15, 0.2) is 54.6 Å². The lowest BCUT2D eigenvalue weighted by atomic mass is 9.88. The monoisotopic (exact) mass is 495 g/mol. The van der Waals surface area contributed by atoms with Gasteiger partial charge in [0.05, 0.1) is 24.9 Å². The van der Waals surface area contributed by atoms with E-state index in [0.29, 0.717) is 6.54 Å². The number of hydrogen-bond acceptors (Lipinski definition) is 6. The Kier molecular flexibility index (Phi) is 8.37. The van der Waals surface area contributed by atoms with Crippen molar-refractivity contribution in [2.75, 3.05) is 49.6 Å². The minimum atomic E-state index is -1.82. The summed E-state index contributed by atoms with van der Waals surface area (Å²) in [7, 11) is 1.69. The Morgan fingerprint density at radius 1 is 0.944 bits per heavy atom. The number of methoxy groups -OCH3 is 1. The van der Waals surface area contributed by atoms with Crippen molar-refractivity contribution in [1.82, 2.24) is 4.90 Å². The number of amides is 1. The van der Waals surface area contributed by atoms with Crippen molar-refractivity contribution < 1.29 is 29.3 Å². The molecule has 0 aliphatic carbocycles. The molecule has 192 valence electrons. The average Bonchev–Trinajstić information content (AvgIpc) is 2.84. The molecule has 0 aromatic heterocycles. The molecule has 2 aliphatic rings. The fourth-order valence-electron chi connectivity index (χ4n) is 4.67. The molecular formula is C27H33N3O6. The summed E-state index contributed by atoms with van der Waals surface area (Å²) in [6.45, 7) is 10.3. The first kappa shape index (κ1) is 26.7. The average molecular weight is 496 g/mol. The van der Waals surface area contributed by atoms with Gasteiger partial charge < -0.3 is 24.7 Å². The number of ether oxygens (including phenoxy) is 1. The molecule has 1 saturated heterocycles. The predicted octanol–water partition coefficient (Wildman–Crippen LogP) is 3.20. The van der Waals surface area contributed by atoms with Gasteiger partial charge in [-0.05, 0) is 44.5 Å². The summed E-state index contributed by atoms with van der Waals surface area (Å²) < 4.78 is 5.35. The van der Waals surface area contributed by atoms with E-state index in [0.717, 1.165) is 43.2 Å². The largest absolute Gasteiger partial charge is 0.497 e. The van der Waals surface area contributed by atoms with Gasteiger partial charge >= 0.3 is 11.9 Å². The van der Waals surface area contributed by atoms with E-state index in [-0.39, 0.29) is 11.4 Å². The van der Waals surface area contributed by atoms with Crippen LogP contribution in [-0.4, -0.2) is 78.3 Å². The number of benzene rings is 2. The van der Waals surface area contributed by atoms with Crippen molar-refractivity contribution in [2.45, 2.75) is 26.3 Å². The van der Waals surface area contributed by atoms with Crippen molar-refractivity contribution in [2.24, 2.45) is 0 Å². The molecule has 9 heteroatoms. The third-order valence-electron chi connectivity index (χ3n) is 6.30. The number of para-hydroxylation sites is 1. The standard InChI is InChI=1S/C25H31N3O2.C2H2O4/c1-19-17-25(2,3)28(23-11-6-5-10-22(19)23)24(29)18-26-12-14-27(15-13-26)20-8-7-9-21(16-20)30-4;3-1(4)2(5)6/h5-11,16-17H,12-15,18H2,1-4H3;(H,3,4)(H,5,6). The molecule has 4 rings (SSSR count). The Balaban J connectivity index is 0.000000538. The summed E-state index contributed by atoms with van der Waals surface area (Å²) in [5.41, 5.74) is 4.23. The molecule has 0 unspecified atom stereocenters. The maximum absolute atomic E-state index is 13.4. The fraction of sp³-hybridized carbons (Fsp3) is 0.370. The first-order valence-corrected chi connectivity index (χ1v) is 11.7. The lowest BCUT2D eigenvalue weighted by Crippen LogP contribution is -2.55. The van der Waals surface area contributed by atoms with Crippen LogP contribution in [0.5, 0.6) is 5.75 Å². The molecule has 2 heterocycles. The Morgan fingerprint density at radius 3 is 2.19 bits per heavy atom. The molecule has 2 aromatic carbocycles. The number of aliphatic carboxylic acids is 2. The van der Waals surface area contributed by atoms with Gasteiger partial charge in [-0.2, -0.15) is 0 Å². The van der Waals surface area contributed by atoms with Crippen LogP contribution in [0.4, 0.5) is 11.4 Å². The van der Waals surface area contributed by atoms with Crippen LogP contribution in [-0.2, 0) is 14.4 Å². The number of rotatable bonds is 4. The zero-order valence-electron chi connectivity index (χ0n) is 21.1. The molecule has 0 bridgehead atoms. The molecule has 2 aliphatic heterocycles. The highest BCUT2D eigenvalue weighted by Gasteiger charge is 2.36. The maximum Gasteiger partial charge on any atom is 0.414 e. The van der Waals surface area contributed by atoms with Crippen LogP contribution in [0, 0.1) is 0 Å². The van der Waals surface area contributed by atoms with E-state index < -0.39 is 11.9 Å². The molecule has 2 N–H and O–H groups in total. The molecular weight excluding hydrogens is 462 g/mol. The number of carbonyl (C=O) groups excluding carboxylic acids is 1. The van der Waals surface area contributed by atoms with E-state index in [1.807, 2.05) is 29.2 Å². The van der Waals surface area contributed by atoms with Crippen LogP contribution in [0.2, 0.25) is 0 Å². The van der Waals surface area contributed by atoms with Gasteiger partial charge in [-0.25, -0.2) is 9.59 Å². The highest BCUT2D eigenvalue weighted by molar-refractivity contribution is 6.27. The van der Waals surface area contributed by atoms with Gasteiger partial charge in [0.1, 0.15) is 5.75 Å². The number of allylic oxidation sites excluding steroid dienone is 1. The third kappa shape index (κ3) is 6.23. The van der Waals surface area contributed by atoms with Gasteiger partial charge in [0, 0.05) is 43.5 Å². The molecule has 0 spiro atoms. The van der Waals surface area contributed by atoms with Crippen molar-refractivity contribution in [3.8, 4) is 5.75 Å². The summed E-state index contributed by atoms with van der Waals surface area (Å²) in [5, 5.41) is 14.8. The first-order chi connectivity index (χ1) is 17.0. The lowest BCUT2D eigenvalue weighted by Gasteiger charge is -2.43. The summed E-state index contributed by atoms with van der Waals surface area (Å²) >= 11 is 0. The molecule has 9 nitrogen and oxygen atoms in total. The van der Waals surface area contributed by atoms with Crippen LogP contribution >= 0.6 is 0 Å². The maximum atomic E-state index is 13.4. The number of anilines is 2. The minimum Gasteiger partial charge on any atom is -0.497 e. The molecule has 1 amide bonds. The zero-order valence-corrected chi connectivity index (χ0v) is 21.1. The van der Waals surface area contributed by atoms with E-state index >= 15 is 0 Å². The summed E-state index contributed by atoms with van der Waals surface area (Å²) in [6, 6.07) is 16.4. The van der Waals surface area contributed by atoms with Crippen LogP contribution in [0.3, 0.4) is 0 Å². The van der Waals surface area contributed by atoms with Crippen molar-refractivity contribution in [3.05, 3.63) is 60.2 Å². The van der Waals surface area contributed by atoms with E-state index in [9.17, 15) is 4.79 Å². The summed E-state index contributed by atoms with van der Waals surface area (Å²) in [5.74, 6) is -2.62. The fourth-order valence-corrected chi connectivity index (χ4v) is 4.67. The number of fused-ring (bicyclic) bond motifs is 1. The minimum absolute atomic E-state index is 0.158. The number of carboxylic acids is 2. The zero-order chi connectivity index (χ0) is 26.5. The second-order valence-corrected chi connectivity index (χ2v) is 9.30. The highest BCUT2D eigenvalue weighted by Crippen LogP contribution is 2.38. The molecule has 0 saturated carbocycles. The van der Waals surface area contributed by atoms with Crippen molar-refractivity contribution >= 4 is 34.8 Å². The SMILES string of the molecule is COc1cccc(N2CCN(CC(=O)N3c4ccccc4C(C)=CC3(C)C)CC2)c1.O=C(O)C(=O)O. The molecule has 36 heavy (non-hydrogen) atoms. The smallest absolute Gasteiger partial charge is 0.414 e. The van der Waals surface area contributed by atoms with Gasteiger partial charge in [-0.1, -0.05) is 30.3 Å². The van der Waals surface area contributed by atoms with Gasteiger partial charge in [0.25, 0.3) is 0 Å². The van der Waals surface area contributed by atoms with Crippen LogP contribution in [0.1, 0.15) is 26.3 Å². The first-order valence-electron chi connectivity index (χ1n) is 11.7. The number of piperazine rings is 1. The second kappa shape index (κ2) is 11.3. The highest BCUT2D eigenvalue weighted by atomic mass is 16.5. The molecule has 2 aromatic rings. The Morgan fingerprint density at radius 2 is 1.58 bits per heavy atom. The predicted molar refractivity (Wildman–Crippen MR) is 139 cm³/mol. The molecule has 0 radical (unpaired) electrons. The molecule has 1 fully saturated rings.